The first kappa shape index (κ1) is 37.0. The van der Waals surface area contributed by atoms with E-state index in [1.165, 1.54) is 34.1 Å². The third-order valence-electron chi connectivity index (χ3n) is 9.23. The summed E-state index contributed by atoms with van der Waals surface area (Å²) in [5.41, 5.74) is 0. The van der Waals surface area contributed by atoms with Crippen molar-refractivity contribution in [2.24, 2.45) is 23.7 Å². The molecule has 49 heavy (non-hydrogen) atoms. The Bertz CT molecular complexity index is 1350. The molecule has 15 heteroatoms. The van der Waals surface area contributed by atoms with E-state index in [0.717, 1.165) is 25.7 Å². The molecule has 0 bridgehead atoms. The Morgan fingerprint density at radius 2 is 1.16 bits per heavy atom. The maximum Gasteiger partial charge on any atom is 0.336 e. The molecule has 3 heterocycles. The van der Waals surface area contributed by atoms with Gasteiger partial charge in [-0.2, -0.15) is 0 Å². The number of hydrogen-bond donors (Lipinski definition) is 1. The van der Waals surface area contributed by atoms with Crippen molar-refractivity contribution in [3.8, 4) is 12.5 Å². The van der Waals surface area contributed by atoms with Crippen LogP contribution in [0.25, 0.3) is 0 Å². The van der Waals surface area contributed by atoms with Crippen LogP contribution in [0.2, 0.25) is 0 Å². The van der Waals surface area contributed by atoms with Crippen LogP contribution in [0, 0.1) is 36.2 Å². The highest BCUT2D eigenvalue weighted by Crippen LogP contribution is 2.32. The summed E-state index contributed by atoms with van der Waals surface area (Å²) >= 11 is 0. The van der Waals surface area contributed by atoms with Crippen LogP contribution >= 0.6 is 0 Å². The number of carbonyl (C=O) groups is 8. The molecule has 0 unspecified atom stereocenters. The molecular formula is C34H42N4O11. The van der Waals surface area contributed by atoms with Crippen LogP contribution in [0.5, 0.6) is 0 Å². The van der Waals surface area contributed by atoms with E-state index in [2.05, 4.69) is 11.4 Å². The smallest absolute Gasteiger partial charge is 0.336 e. The molecule has 2 aliphatic carbocycles. The van der Waals surface area contributed by atoms with Gasteiger partial charge in [0.2, 0.25) is 5.91 Å². The quantitative estimate of drug-likeness (QED) is 0.164. The van der Waals surface area contributed by atoms with Gasteiger partial charge in [-0.15, -0.1) is 5.06 Å². The van der Waals surface area contributed by atoms with E-state index in [-0.39, 0.29) is 66.0 Å². The minimum atomic E-state index is -0.563. The monoisotopic (exact) mass is 682 g/mol. The third kappa shape index (κ3) is 10.6. The van der Waals surface area contributed by atoms with Crippen molar-refractivity contribution < 1.29 is 52.7 Å². The lowest BCUT2D eigenvalue weighted by molar-refractivity contribution is -0.201. The Morgan fingerprint density at radius 3 is 1.63 bits per heavy atom. The minimum Gasteiger partial charge on any atom is -0.444 e. The van der Waals surface area contributed by atoms with E-state index < -0.39 is 17.8 Å². The molecule has 1 N–H and O–H groups in total. The molecule has 0 aromatic rings. The lowest BCUT2D eigenvalue weighted by Crippen LogP contribution is -2.39. The van der Waals surface area contributed by atoms with E-state index >= 15 is 0 Å². The second-order valence-corrected chi connectivity index (χ2v) is 12.5. The second-order valence-electron chi connectivity index (χ2n) is 12.5. The Kier molecular flexibility index (Phi) is 13.6. The van der Waals surface area contributed by atoms with Crippen molar-refractivity contribution in [1.82, 2.24) is 20.2 Å². The van der Waals surface area contributed by atoms with Crippen LogP contribution in [0.3, 0.4) is 0 Å². The summed E-state index contributed by atoms with van der Waals surface area (Å²) in [6, 6.07) is 0. The maximum absolute atomic E-state index is 12.1. The molecule has 3 aliphatic heterocycles. The lowest BCUT2D eigenvalue weighted by Gasteiger charge is -2.30. The van der Waals surface area contributed by atoms with Gasteiger partial charge in [0.1, 0.15) is 12.7 Å². The number of nitrogens with one attached hydrogen (secondary N) is 1. The highest BCUT2D eigenvalue weighted by Gasteiger charge is 2.37. The summed E-state index contributed by atoms with van der Waals surface area (Å²) < 4.78 is 9.97. The Hall–Kier alpha value is -4.84. The van der Waals surface area contributed by atoms with Crippen molar-refractivity contribution in [3.63, 3.8) is 0 Å². The molecule has 1 saturated heterocycles. The summed E-state index contributed by atoms with van der Waals surface area (Å²) in [6.07, 6.45) is 18.0. The van der Waals surface area contributed by atoms with Crippen LogP contribution in [-0.4, -0.2) is 102 Å². The number of terminal acetylenes is 1. The van der Waals surface area contributed by atoms with Gasteiger partial charge in [-0.3, -0.25) is 43.4 Å². The number of imide groups is 3. The minimum absolute atomic E-state index is 0.0101. The second kappa shape index (κ2) is 18.1. The fourth-order valence-corrected chi connectivity index (χ4v) is 6.40. The molecule has 5 aliphatic rings. The fraction of sp³-hybridized carbons (Fsp3) is 0.588. The number of carbonyl (C=O) groups excluding carboxylic acids is 8. The predicted octanol–water partition coefficient (Wildman–Crippen LogP) is 0.783. The van der Waals surface area contributed by atoms with Crippen molar-refractivity contribution in [3.05, 3.63) is 24.3 Å². The summed E-state index contributed by atoms with van der Waals surface area (Å²) in [7, 11) is 0. The normalized spacial score (nSPS) is 25.0. The standard InChI is InChI=1S/C18H24N2O5.C16H18N2O6/c1-2-24-11-12-25-10-9-19-18(23)15-5-3-14(4-6-15)13-20-16(21)7-8-17(20)22;19-12-5-6-13(20)17(12)9-10-1-3-11(4-2-10)16(23)24-18-14(21)7-8-15(18)22/h1,7-8,14-15H,3-6,9-13H2,(H,19,23);5-6,10-11H,1-4,7-9H2. The Labute approximate surface area is 284 Å². The molecule has 264 valence electrons. The highest BCUT2D eigenvalue weighted by molar-refractivity contribution is 6.13. The average molecular weight is 683 g/mol. The van der Waals surface area contributed by atoms with Crippen LogP contribution in [0.4, 0.5) is 0 Å². The van der Waals surface area contributed by atoms with Crippen molar-refractivity contribution >= 4 is 47.3 Å². The van der Waals surface area contributed by atoms with Gasteiger partial charge in [-0.1, -0.05) is 6.42 Å². The first-order valence-electron chi connectivity index (χ1n) is 16.6. The zero-order chi connectivity index (χ0) is 35.3. The molecule has 0 spiro atoms. The molecule has 2 saturated carbocycles. The van der Waals surface area contributed by atoms with Gasteiger partial charge in [0, 0.05) is 62.7 Å². The van der Waals surface area contributed by atoms with Gasteiger partial charge in [0.15, 0.2) is 0 Å². The van der Waals surface area contributed by atoms with E-state index in [0.29, 0.717) is 70.2 Å². The zero-order valence-electron chi connectivity index (χ0n) is 27.3. The van der Waals surface area contributed by atoms with Crippen LogP contribution in [-0.2, 0) is 52.7 Å². The molecule has 5 rings (SSSR count). The maximum atomic E-state index is 12.1. The zero-order valence-corrected chi connectivity index (χ0v) is 27.3. The van der Waals surface area contributed by atoms with Crippen molar-refractivity contribution in [1.29, 1.82) is 0 Å². The van der Waals surface area contributed by atoms with Gasteiger partial charge in [0.25, 0.3) is 35.4 Å². The number of rotatable bonds is 13. The average Bonchev–Trinajstić information content (AvgIpc) is 3.72. The molecular weight excluding hydrogens is 640 g/mol. The summed E-state index contributed by atoms with van der Waals surface area (Å²) in [5, 5.41) is 3.44. The van der Waals surface area contributed by atoms with Crippen LogP contribution < -0.4 is 5.32 Å². The molecule has 0 atom stereocenters. The SMILES string of the molecule is C#COCCOCCNC(=O)C1CCC(CN2C(=O)C=CC2=O)CC1.O=C(ON1C(=O)CCC1=O)C1CCC(CN2C(=O)C=CC2=O)CC1. The summed E-state index contributed by atoms with van der Waals surface area (Å²) in [5.74, 6) is -2.52. The summed E-state index contributed by atoms with van der Waals surface area (Å²) in [4.78, 5) is 101. The lowest BCUT2D eigenvalue weighted by atomic mass is 9.81. The van der Waals surface area contributed by atoms with Gasteiger partial charge in [-0.05, 0) is 63.2 Å². The highest BCUT2D eigenvalue weighted by atomic mass is 16.7. The first-order chi connectivity index (χ1) is 23.6. The number of hydroxylamine groups is 2. The van der Waals surface area contributed by atoms with Crippen molar-refractivity contribution in [2.75, 3.05) is 39.5 Å². The molecule has 3 fully saturated rings. The largest absolute Gasteiger partial charge is 0.444 e. The van der Waals surface area contributed by atoms with Crippen molar-refractivity contribution in [2.45, 2.75) is 64.2 Å². The van der Waals surface area contributed by atoms with Gasteiger partial charge in [0.05, 0.1) is 19.1 Å². The number of amides is 7. The molecule has 7 amide bonds. The first-order valence-corrected chi connectivity index (χ1v) is 16.6. The van der Waals surface area contributed by atoms with Gasteiger partial charge in [-0.25, -0.2) is 4.79 Å². The Morgan fingerprint density at radius 1 is 0.694 bits per heavy atom. The van der Waals surface area contributed by atoms with Gasteiger partial charge < -0.3 is 19.6 Å². The fourth-order valence-electron chi connectivity index (χ4n) is 6.40. The molecule has 0 aromatic carbocycles. The van der Waals surface area contributed by atoms with Crippen LogP contribution in [0.1, 0.15) is 64.2 Å². The predicted molar refractivity (Wildman–Crippen MR) is 168 cm³/mol. The Balaban J connectivity index is 0.000000221. The summed E-state index contributed by atoms with van der Waals surface area (Å²) in [6.45, 7) is 2.42. The van der Waals surface area contributed by atoms with Gasteiger partial charge >= 0.3 is 5.97 Å². The van der Waals surface area contributed by atoms with E-state index in [1.54, 1.807) is 0 Å². The molecule has 0 aromatic heterocycles. The number of ether oxygens (including phenoxy) is 2. The van der Waals surface area contributed by atoms with E-state index in [4.69, 9.17) is 20.7 Å². The number of hydrogen-bond acceptors (Lipinski definition) is 11. The van der Waals surface area contributed by atoms with Crippen LogP contribution in [0.15, 0.2) is 24.3 Å². The van der Waals surface area contributed by atoms with E-state index in [9.17, 15) is 38.4 Å². The van der Waals surface area contributed by atoms with E-state index in [1.807, 2.05) is 0 Å². The topological polar surface area (TPSA) is 186 Å². The number of nitrogens with zero attached hydrogens (tertiary/aromatic N) is 3. The molecule has 0 radical (unpaired) electrons. The third-order valence-corrected chi connectivity index (χ3v) is 9.23. The molecule has 15 nitrogen and oxygen atoms in total.